The van der Waals surface area contributed by atoms with Gasteiger partial charge < -0.3 is 4.74 Å². The van der Waals surface area contributed by atoms with E-state index in [1.807, 2.05) is 13.8 Å². The summed E-state index contributed by atoms with van der Waals surface area (Å²) in [6.45, 7) is 7.93. The Morgan fingerprint density at radius 2 is 1.12 bits per heavy atom. The first kappa shape index (κ1) is 18.7. The first-order chi connectivity index (χ1) is 7.83. The van der Waals surface area contributed by atoms with E-state index in [1.54, 1.807) is 0 Å². The van der Waals surface area contributed by atoms with Crippen LogP contribution in [0.25, 0.3) is 0 Å². The molecule has 0 aromatic carbocycles. The lowest BCUT2D eigenvalue weighted by atomic mass is 10.1. The van der Waals surface area contributed by atoms with Gasteiger partial charge in [0.05, 0.1) is 0 Å². The van der Waals surface area contributed by atoms with E-state index in [1.165, 1.54) is 51.4 Å². The third-order valence-corrected chi connectivity index (χ3v) is 2.74. The molecular weight excluding hydrogens is 216 g/mol. The van der Waals surface area contributed by atoms with Crippen LogP contribution in [0.5, 0.6) is 0 Å². The van der Waals surface area contributed by atoms with Gasteiger partial charge in [0.25, 0.3) is 0 Å². The Labute approximate surface area is 109 Å². The number of ether oxygens (including phenoxy) is 1. The molecule has 0 heterocycles. The largest absolute Gasteiger partial charge is 0.382 e. The third-order valence-electron chi connectivity index (χ3n) is 2.42. The Kier molecular flexibility index (Phi) is 24.1. The van der Waals surface area contributed by atoms with Crippen LogP contribution in [0, 0.1) is 0 Å². The lowest BCUT2D eigenvalue weighted by molar-refractivity contribution is 0.162. The quantitative estimate of drug-likeness (QED) is 0.418. The summed E-state index contributed by atoms with van der Waals surface area (Å²) in [4.78, 5) is 0. The van der Waals surface area contributed by atoms with Gasteiger partial charge >= 0.3 is 0 Å². The van der Waals surface area contributed by atoms with Crippen molar-refractivity contribution in [1.82, 2.24) is 0 Å². The van der Waals surface area contributed by atoms with E-state index in [0.717, 1.165) is 19.0 Å². The molecule has 0 N–H and O–H groups in total. The Morgan fingerprint density at radius 1 is 0.688 bits per heavy atom. The molecule has 0 aliphatic rings. The van der Waals surface area contributed by atoms with E-state index in [9.17, 15) is 0 Å². The van der Waals surface area contributed by atoms with Crippen molar-refractivity contribution in [1.29, 1.82) is 0 Å². The summed E-state index contributed by atoms with van der Waals surface area (Å²) in [5, 5.41) is 0. The van der Waals surface area contributed by atoms with Crippen LogP contribution in [0.4, 0.5) is 0 Å². The van der Waals surface area contributed by atoms with Gasteiger partial charge in [-0.1, -0.05) is 51.9 Å². The van der Waals surface area contributed by atoms with Gasteiger partial charge in [0.15, 0.2) is 0 Å². The predicted molar refractivity (Wildman–Crippen MR) is 78.6 cm³/mol. The standard InChI is InChI=1S/C10H22S.C4H10O/c1-2-3-4-5-6-7-8-9-10-11;1-3-5-4-2/h11H,2-10H2,1H3;3-4H2,1-2H3. The summed E-state index contributed by atoms with van der Waals surface area (Å²) in [6.07, 6.45) is 11.2. The molecule has 0 saturated heterocycles. The zero-order chi connectivity index (χ0) is 12.5. The lowest BCUT2D eigenvalue weighted by Crippen LogP contribution is -1.84. The molecule has 0 spiro atoms. The summed E-state index contributed by atoms with van der Waals surface area (Å²) in [6, 6.07) is 0. The molecule has 0 amide bonds. The minimum Gasteiger partial charge on any atom is -0.382 e. The van der Waals surface area contributed by atoms with E-state index in [4.69, 9.17) is 4.74 Å². The van der Waals surface area contributed by atoms with E-state index in [0.29, 0.717) is 0 Å². The van der Waals surface area contributed by atoms with Crippen molar-refractivity contribution in [3.8, 4) is 0 Å². The minimum absolute atomic E-state index is 0.844. The van der Waals surface area contributed by atoms with E-state index >= 15 is 0 Å². The highest BCUT2D eigenvalue weighted by Crippen LogP contribution is 2.08. The highest BCUT2D eigenvalue weighted by molar-refractivity contribution is 7.80. The van der Waals surface area contributed by atoms with Gasteiger partial charge in [0.2, 0.25) is 0 Å². The number of unbranched alkanes of at least 4 members (excludes halogenated alkanes) is 7. The molecule has 0 aliphatic carbocycles. The summed E-state index contributed by atoms with van der Waals surface area (Å²) >= 11 is 4.18. The maximum absolute atomic E-state index is 4.83. The Hall–Kier alpha value is 0.310. The zero-order valence-electron chi connectivity index (χ0n) is 11.6. The first-order valence-electron chi connectivity index (χ1n) is 7.01. The number of hydrogen-bond donors (Lipinski definition) is 1. The van der Waals surface area contributed by atoms with Crippen LogP contribution in [0.15, 0.2) is 0 Å². The third kappa shape index (κ3) is 23.8. The minimum atomic E-state index is 0.844. The molecule has 1 nitrogen and oxygen atoms in total. The lowest BCUT2D eigenvalue weighted by Gasteiger charge is -1.98. The second kappa shape index (κ2) is 20.7. The van der Waals surface area contributed by atoms with Gasteiger partial charge in [-0.25, -0.2) is 0 Å². The summed E-state index contributed by atoms with van der Waals surface area (Å²) in [5.74, 6) is 1.06. The van der Waals surface area contributed by atoms with Crippen LogP contribution in [0.3, 0.4) is 0 Å². The van der Waals surface area contributed by atoms with Gasteiger partial charge in [0.1, 0.15) is 0 Å². The van der Waals surface area contributed by atoms with Gasteiger partial charge in [-0.05, 0) is 26.0 Å². The molecule has 0 saturated carbocycles. The van der Waals surface area contributed by atoms with Gasteiger partial charge in [-0.2, -0.15) is 12.6 Å². The van der Waals surface area contributed by atoms with Crippen LogP contribution < -0.4 is 0 Å². The molecule has 0 unspecified atom stereocenters. The maximum Gasteiger partial charge on any atom is 0.0437 e. The molecule has 0 aromatic heterocycles. The molecule has 100 valence electrons. The van der Waals surface area contributed by atoms with E-state index in [-0.39, 0.29) is 0 Å². The van der Waals surface area contributed by atoms with Crippen LogP contribution >= 0.6 is 12.6 Å². The monoisotopic (exact) mass is 248 g/mol. The molecule has 0 aromatic rings. The fraction of sp³-hybridized carbons (Fsp3) is 1.00. The normalized spacial score (nSPS) is 9.75. The molecule has 16 heavy (non-hydrogen) atoms. The smallest absolute Gasteiger partial charge is 0.0437 e. The molecule has 0 bridgehead atoms. The average Bonchev–Trinajstić information content (AvgIpc) is 2.30. The molecule has 0 rings (SSSR count). The number of rotatable bonds is 10. The van der Waals surface area contributed by atoms with Crippen LogP contribution in [-0.2, 0) is 4.74 Å². The highest BCUT2D eigenvalue weighted by Gasteiger charge is 1.89. The summed E-state index contributed by atoms with van der Waals surface area (Å²) < 4.78 is 4.83. The Balaban J connectivity index is 0. The van der Waals surface area contributed by atoms with Crippen molar-refractivity contribution in [3.63, 3.8) is 0 Å². The zero-order valence-corrected chi connectivity index (χ0v) is 12.5. The topological polar surface area (TPSA) is 9.23 Å². The predicted octanol–water partition coefficient (Wildman–Crippen LogP) is 5.10. The van der Waals surface area contributed by atoms with E-state index < -0.39 is 0 Å². The first-order valence-corrected chi connectivity index (χ1v) is 7.65. The summed E-state index contributed by atoms with van der Waals surface area (Å²) in [5.41, 5.74) is 0. The second-order valence-corrected chi connectivity index (χ2v) is 4.43. The highest BCUT2D eigenvalue weighted by atomic mass is 32.1. The fourth-order valence-corrected chi connectivity index (χ4v) is 1.67. The van der Waals surface area contributed by atoms with Crippen LogP contribution in [0.2, 0.25) is 0 Å². The van der Waals surface area contributed by atoms with Gasteiger partial charge in [0, 0.05) is 13.2 Å². The SMILES string of the molecule is CCCCCCCCCCS.CCOCC. The Bertz CT molecular complexity index is 86.7. The fourth-order valence-electron chi connectivity index (χ4n) is 1.45. The van der Waals surface area contributed by atoms with Crippen LogP contribution in [0.1, 0.15) is 72.1 Å². The molecule has 2 heteroatoms. The van der Waals surface area contributed by atoms with E-state index in [2.05, 4.69) is 19.6 Å². The number of hydrogen-bond acceptors (Lipinski definition) is 2. The number of thiol groups is 1. The molecule has 0 radical (unpaired) electrons. The Morgan fingerprint density at radius 3 is 1.44 bits per heavy atom. The van der Waals surface area contributed by atoms with Crippen molar-refractivity contribution in [2.24, 2.45) is 0 Å². The van der Waals surface area contributed by atoms with Crippen LogP contribution in [-0.4, -0.2) is 19.0 Å². The average molecular weight is 248 g/mol. The maximum atomic E-state index is 4.83. The summed E-state index contributed by atoms with van der Waals surface area (Å²) in [7, 11) is 0. The molecule has 0 aliphatic heterocycles. The van der Waals surface area contributed by atoms with Crippen molar-refractivity contribution in [2.75, 3.05) is 19.0 Å². The van der Waals surface area contributed by atoms with Crippen molar-refractivity contribution in [2.45, 2.75) is 72.1 Å². The molecule has 0 atom stereocenters. The molecular formula is C14H32OS. The second-order valence-electron chi connectivity index (χ2n) is 3.98. The van der Waals surface area contributed by atoms with Crippen molar-refractivity contribution >= 4 is 12.6 Å². The van der Waals surface area contributed by atoms with Crippen molar-refractivity contribution in [3.05, 3.63) is 0 Å². The molecule has 0 fully saturated rings. The van der Waals surface area contributed by atoms with Gasteiger partial charge in [-0.3, -0.25) is 0 Å². The van der Waals surface area contributed by atoms with Crippen molar-refractivity contribution < 1.29 is 4.74 Å². The van der Waals surface area contributed by atoms with Gasteiger partial charge in [-0.15, -0.1) is 0 Å².